The first kappa shape index (κ1) is 17.7. The van der Waals surface area contributed by atoms with Gasteiger partial charge in [-0.1, -0.05) is 12.1 Å². The second-order valence-corrected chi connectivity index (χ2v) is 8.81. The van der Waals surface area contributed by atoms with Gasteiger partial charge in [0.1, 0.15) is 0 Å². The number of aromatic nitrogens is 1. The zero-order valence-electron chi connectivity index (χ0n) is 14.4. The molecule has 6 nitrogen and oxygen atoms in total. The molecule has 0 aliphatic carbocycles. The van der Waals surface area contributed by atoms with Crippen molar-refractivity contribution in [2.45, 2.75) is 39.2 Å². The Kier molecular flexibility index (Phi) is 4.94. The van der Waals surface area contributed by atoms with Crippen molar-refractivity contribution in [1.29, 1.82) is 0 Å². The quantitative estimate of drug-likeness (QED) is 0.881. The maximum Gasteiger partial charge on any atom is 0.220 e. The van der Waals surface area contributed by atoms with E-state index in [0.29, 0.717) is 24.5 Å². The lowest BCUT2D eigenvalue weighted by Gasteiger charge is -2.09. The summed E-state index contributed by atoms with van der Waals surface area (Å²) in [7, 11) is -2.99. The molecule has 0 bridgehead atoms. The summed E-state index contributed by atoms with van der Waals surface area (Å²) in [6, 6.07) is 5.80. The molecule has 1 amide bonds. The molecule has 7 heteroatoms. The standard InChI is InChI=1S/C18H22N2O4S/c1-12-3-4-14(9-13(12)2)16-10-19-18(24-16)6-5-17(21)20-15-7-8-25(22,23)11-15/h3-4,9-10,15H,5-8,11H2,1-2H3,(H,20,21). The number of rotatable bonds is 5. The average Bonchev–Trinajstić information content (AvgIpc) is 3.14. The fourth-order valence-corrected chi connectivity index (χ4v) is 4.56. The van der Waals surface area contributed by atoms with Gasteiger partial charge in [-0.15, -0.1) is 0 Å². The van der Waals surface area contributed by atoms with E-state index in [1.54, 1.807) is 6.20 Å². The summed E-state index contributed by atoms with van der Waals surface area (Å²) in [4.78, 5) is 16.2. The first-order chi connectivity index (χ1) is 11.8. The predicted octanol–water partition coefficient (Wildman–Crippen LogP) is 2.19. The number of nitrogens with one attached hydrogen (secondary N) is 1. The number of nitrogens with zero attached hydrogens (tertiary/aromatic N) is 1. The van der Waals surface area contributed by atoms with Crippen LogP contribution in [0.5, 0.6) is 0 Å². The molecule has 2 heterocycles. The van der Waals surface area contributed by atoms with Crippen molar-refractivity contribution in [3.8, 4) is 11.3 Å². The molecule has 1 N–H and O–H groups in total. The number of sulfone groups is 1. The van der Waals surface area contributed by atoms with Gasteiger partial charge in [0.2, 0.25) is 5.91 Å². The van der Waals surface area contributed by atoms with Gasteiger partial charge in [0.15, 0.2) is 21.5 Å². The number of oxazole rings is 1. The van der Waals surface area contributed by atoms with E-state index in [1.807, 2.05) is 25.1 Å². The molecule has 1 aromatic carbocycles. The van der Waals surface area contributed by atoms with E-state index in [-0.39, 0.29) is 29.9 Å². The maximum absolute atomic E-state index is 12.0. The van der Waals surface area contributed by atoms with Crippen LogP contribution >= 0.6 is 0 Å². The summed E-state index contributed by atoms with van der Waals surface area (Å²) in [5, 5.41) is 2.77. The van der Waals surface area contributed by atoms with Gasteiger partial charge in [-0.05, 0) is 37.5 Å². The zero-order chi connectivity index (χ0) is 18.0. The van der Waals surface area contributed by atoms with Crippen LogP contribution < -0.4 is 5.32 Å². The summed E-state index contributed by atoms with van der Waals surface area (Å²) >= 11 is 0. The fraction of sp³-hybridized carbons (Fsp3) is 0.444. The van der Waals surface area contributed by atoms with Crippen molar-refractivity contribution in [3.63, 3.8) is 0 Å². The van der Waals surface area contributed by atoms with Crippen LogP contribution in [-0.4, -0.2) is 36.9 Å². The Morgan fingerprint density at radius 2 is 2.12 bits per heavy atom. The molecule has 25 heavy (non-hydrogen) atoms. The summed E-state index contributed by atoms with van der Waals surface area (Å²) in [6.07, 6.45) is 2.77. The number of carbonyl (C=O) groups excluding carboxylic acids is 1. The minimum atomic E-state index is -2.99. The molecular formula is C18H22N2O4S. The number of aryl methyl sites for hydroxylation is 3. The highest BCUT2D eigenvalue weighted by molar-refractivity contribution is 7.91. The smallest absolute Gasteiger partial charge is 0.220 e. The van der Waals surface area contributed by atoms with E-state index >= 15 is 0 Å². The largest absolute Gasteiger partial charge is 0.441 e. The molecule has 1 fully saturated rings. The Bertz CT molecular complexity index is 886. The number of benzene rings is 1. The van der Waals surface area contributed by atoms with Gasteiger partial charge in [-0.25, -0.2) is 13.4 Å². The third-order valence-electron chi connectivity index (χ3n) is 4.51. The van der Waals surface area contributed by atoms with Gasteiger partial charge in [0.05, 0.1) is 17.7 Å². The minimum absolute atomic E-state index is 0.0364. The molecule has 0 spiro atoms. The van der Waals surface area contributed by atoms with E-state index in [9.17, 15) is 13.2 Å². The number of hydrogen-bond acceptors (Lipinski definition) is 5. The lowest BCUT2D eigenvalue weighted by Crippen LogP contribution is -2.35. The van der Waals surface area contributed by atoms with E-state index in [0.717, 1.165) is 5.56 Å². The van der Waals surface area contributed by atoms with Crippen molar-refractivity contribution < 1.29 is 17.6 Å². The molecule has 1 aromatic heterocycles. The van der Waals surface area contributed by atoms with Crippen molar-refractivity contribution in [2.75, 3.05) is 11.5 Å². The van der Waals surface area contributed by atoms with Gasteiger partial charge >= 0.3 is 0 Å². The molecule has 3 rings (SSSR count). The van der Waals surface area contributed by atoms with Crippen LogP contribution in [0, 0.1) is 13.8 Å². The molecule has 1 saturated heterocycles. The predicted molar refractivity (Wildman–Crippen MR) is 94.9 cm³/mol. The lowest BCUT2D eigenvalue weighted by molar-refractivity contribution is -0.121. The monoisotopic (exact) mass is 362 g/mol. The maximum atomic E-state index is 12.0. The highest BCUT2D eigenvalue weighted by Crippen LogP contribution is 2.23. The third-order valence-corrected chi connectivity index (χ3v) is 6.28. The van der Waals surface area contributed by atoms with E-state index in [1.165, 1.54) is 11.1 Å². The molecule has 1 atom stereocenters. The van der Waals surface area contributed by atoms with Crippen molar-refractivity contribution >= 4 is 15.7 Å². The molecule has 0 radical (unpaired) electrons. The first-order valence-corrected chi connectivity index (χ1v) is 10.2. The number of hydrogen-bond donors (Lipinski definition) is 1. The fourth-order valence-electron chi connectivity index (χ4n) is 2.88. The van der Waals surface area contributed by atoms with Crippen molar-refractivity contribution in [3.05, 3.63) is 41.4 Å². The van der Waals surface area contributed by atoms with Crippen molar-refractivity contribution in [1.82, 2.24) is 10.3 Å². The van der Waals surface area contributed by atoms with Crippen LogP contribution in [0.4, 0.5) is 0 Å². The van der Waals surface area contributed by atoms with Gasteiger partial charge in [0, 0.05) is 24.4 Å². The van der Waals surface area contributed by atoms with Crippen LogP contribution in [0.15, 0.2) is 28.8 Å². The summed E-state index contributed by atoms with van der Waals surface area (Å²) in [5.74, 6) is 1.20. The highest BCUT2D eigenvalue weighted by Gasteiger charge is 2.28. The van der Waals surface area contributed by atoms with Crippen LogP contribution in [0.25, 0.3) is 11.3 Å². The van der Waals surface area contributed by atoms with Gasteiger partial charge < -0.3 is 9.73 Å². The normalized spacial score (nSPS) is 19.0. The van der Waals surface area contributed by atoms with E-state index in [2.05, 4.69) is 17.2 Å². The third kappa shape index (κ3) is 4.48. The SMILES string of the molecule is Cc1ccc(-c2cnc(CCC(=O)NC3CCS(=O)(=O)C3)o2)cc1C. The van der Waals surface area contributed by atoms with E-state index in [4.69, 9.17) is 4.42 Å². The molecular weight excluding hydrogens is 340 g/mol. The van der Waals surface area contributed by atoms with Gasteiger partial charge in [-0.3, -0.25) is 4.79 Å². The van der Waals surface area contributed by atoms with E-state index < -0.39 is 9.84 Å². The van der Waals surface area contributed by atoms with Crippen LogP contribution in [0.1, 0.15) is 29.9 Å². The van der Waals surface area contributed by atoms with Crippen LogP contribution in [0.3, 0.4) is 0 Å². The zero-order valence-corrected chi connectivity index (χ0v) is 15.2. The minimum Gasteiger partial charge on any atom is -0.441 e. The summed E-state index contributed by atoms with van der Waals surface area (Å²) in [6.45, 7) is 4.10. The molecule has 2 aromatic rings. The topological polar surface area (TPSA) is 89.3 Å². The highest BCUT2D eigenvalue weighted by atomic mass is 32.2. The van der Waals surface area contributed by atoms with Gasteiger partial charge in [-0.2, -0.15) is 0 Å². The second-order valence-electron chi connectivity index (χ2n) is 6.58. The van der Waals surface area contributed by atoms with Crippen molar-refractivity contribution in [2.24, 2.45) is 0 Å². The first-order valence-electron chi connectivity index (χ1n) is 8.34. The number of carbonyl (C=O) groups is 1. The molecule has 1 unspecified atom stereocenters. The Morgan fingerprint density at radius 3 is 2.80 bits per heavy atom. The number of amides is 1. The van der Waals surface area contributed by atoms with Crippen LogP contribution in [0.2, 0.25) is 0 Å². The second kappa shape index (κ2) is 7.00. The molecule has 1 aliphatic heterocycles. The lowest BCUT2D eigenvalue weighted by atomic mass is 10.1. The van der Waals surface area contributed by atoms with Crippen LogP contribution in [-0.2, 0) is 21.1 Å². The summed E-state index contributed by atoms with van der Waals surface area (Å²) in [5.41, 5.74) is 3.36. The Labute approximate surface area is 147 Å². The Morgan fingerprint density at radius 1 is 1.32 bits per heavy atom. The molecule has 134 valence electrons. The Balaban J connectivity index is 1.55. The Hall–Kier alpha value is -2.15. The average molecular weight is 362 g/mol. The molecule has 0 saturated carbocycles. The summed E-state index contributed by atoms with van der Waals surface area (Å²) < 4.78 is 28.5. The van der Waals surface area contributed by atoms with Gasteiger partial charge in [0.25, 0.3) is 0 Å². The molecule has 1 aliphatic rings.